The number of carbonyl (C=O) groups excluding carboxylic acids is 4. The summed E-state index contributed by atoms with van der Waals surface area (Å²) in [6, 6.07) is 16.5. The largest absolute Gasteiger partial charge is 0.481 e. The van der Waals surface area contributed by atoms with Gasteiger partial charge >= 0.3 is 11.9 Å². The molecule has 0 saturated carbocycles. The van der Waals surface area contributed by atoms with Crippen LogP contribution in [0.3, 0.4) is 0 Å². The Balaban J connectivity index is 1.70. The first kappa shape index (κ1) is 23.6. The molecule has 35 heavy (non-hydrogen) atoms. The second-order valence-electron chi connectivity index (χ2n) is 8.11. The smallest absolute Gasteiger partial charge is 0.328 e. The number of rotatable bonds is 8. The summed E-state index contributed by atoms with van der Waals surface area (Å²) in [4.78, 5) is 63.9. The molecule has 2 atom stereocenters. The molecule has 0 bridgehead atoms. The topological polar surface area (TPSA) is 130 Å². The van der Waals surface area contributed by atoms with Crippen molar-refractivity contribution >= 4 is 40.4 Å². The van der Waals surface area contributed by atoms with Gasteiger partial charge in [-0.25, -0.2) is 4.79 Å². The lowest BCUT2D eigenvalue weighted by molar-refractivity contribution is -0.149. The Morgan fingerprint density at radius 1 is 0.914 bits per heavy atom. The molecule has 3 aromatic carbocycles. The maximum Gasteiger partial charge on any atom is 0.328 e. The number of ether oxygens (including phenoxy) is 1. The van der Waals surface area contributed by atoms with Gasteiger partial charge in [-0.3, -0.25) is 24.1 Å². The summed E-state index contributed by atoms with van der Waals surface area (Å²) in [7, 11) is 1.07. The average molecular weight is 474 g/mol. The fraction of sp³-hybridized carbons (Fsp3) is 0.192. The molecule has 0 spiro atoms. The molecule has 4 rings (SSSR count). The highest BCUT2D eigenvalue weighted by molar-refractivity contribution is 6.23. The van der Waals surface area contributed by atoms with E-state index in [0.29, 0.717) is 5.56 Å². The van der Waals surface area contributed by atoms with Gasteiger partial charge in [-0.15, -0.1) is 0 Å². The van der Waals surface area contributed by atoms with Crippen LogP contribution in [-0.2, 0) is 25.5 Å². The van der Waals surface area contributed by atoms with Crippen molar-refractivity contribution in [2.45, 2.75) is 24.9 Å². The molecule has 1 aliphatic heterocycles. The molecule has 178 valence electrons. The third-order valence-electron chi connectivity index (χ3n) is 5.86. The van der Waals surface area contributed by atoms with E-state index in [2.05, 4.69) is 10.1 Å². The van der Waals surface area contributed by atoms with Gasteiger partial charge in [0.15, 0.2) is 0 Å². The van der Waals surface area contributed by atoms with Crippen LogP contribution in [0.15, 0.2) is 66.7 Å². The number of benzene rings is 3. The summed E-state index contributed by atoms with van der Waals surface area (Å²) in [5.41, 5.74) is 1.01. The third kappa shape index (κ3) is 4.74. The minimum absolute atomic E-state index is 0.0386. The molecule has 3 amide bonds. The molecule has 0 saturated heterocycles. The Kier molecular flexibility index (Phi) is 6.59. The molecular formula is C26H22N2O7. The zero-order valence-electron chi connectivity index (χ0n) is 18.8. The molecule has 0 aliphatic carbocycles. The van der Waals surface area contributed by atoms with Crippen molar-refractivity contribution in [3.05, 3.63) is 83.4 Å². The Labute approximate surface area is 200 Å². The standard InChI is InChI=1S/C26H22N2O7/c1-35-26(34)20(14-22(29)30)27-23(31)21(13-15-10-11-16-6-2-3-7-17(16)12-15)28-24(32)18-8-4-5-9-19(18)25(28)33/h2-12,20-21H,13-14H2,1H3,(H,27,31)(H,29,30)/t20-,21-/m0/s1. The van der Waals surface area contributed by atoms with E-state index < -0.39 is 48.2 Å². The van der Waals surface area contributed by atoms with E-state index in [9.17, 15) is 24.0 Å². The highest BCUT2D eigenvalue weighted by atomic mass is 16.5. The SMILES string of the molecule is COC(=O)[C@H](CC(=O)O)NC(=O)[C@H](Cc1ccc2ccccc2c1)N1C(=O)c2ccccc2C1=O. The molecular weight excluding hydrogens is 452 g/mol. The zero-order valence-corrected chi connectivity index (χ0v) is 18.8. The minimum atomic E-state index is -1.49. The Hall–Kier alpha value is -4.53. The van der Waals surface area contributed by atoms with Gasteiger partial charge in [0.05, 0.1) is 24.7 Å². The van der Waals surface area contributed by atoms with Gasteiger partial charge in [-0.1, -0.05) is 54.6 Å². The van der Waals surface area contributed by atoms with Crippen molar-refractivity contribution in [1.82, 2.24) is 10.2 Å². The molecule has 0 unspecified atom stereocenters. The highest BCUT2D eigenvalue weighted by Gasteiger charge is 2.43. The zero-order chi connectivity index (χ0) is 25.1. The molecule has 0 radical (unpaired) electrons. The number of fused-ring (bicyclic) bond motifs is 2. The van der Waals surface area contributed by atoms with Crippen LogP contribution in [0.1, 0.15) is 32.7 Å². The molecule has 3 aromatic rings. The van der Waals surface area contributed by atoms with E-state index in [1.165, 1.54) is 12.1 Å². The number of hydrogen-bond acceptors (Lipinski definition) is 6. The number of nitrogens with one attached hydrogen (secondary N) is 1. The highest BCUT2D eigenvalue weighted by Crippen LogP contribution is 2.27. The minimum Gasteiger partial charge on any atom is -0.481 e. The lowest BCUT2D eigenvalue weighted by Gasteiger charge is -2.27. The van der Waals surface area contributed by atoms with Crippen LogP contribution >= 0.6 is 0 Å². The first-order chi connectivity index (χ1) is 16.8. The summed E-state index contributed by atoms with van der Waals surface area (Å²) < 4.78 is 4.61. The number of carboxylic acid groups (broad SMARTS) is 1. The second-order valence-corrected chi connectivity index (χ2v) is 8.11. The maximum absolute atomic E-state index is 13.4. The summed E-state index contributed by atoms with van der Waals surface area (Å²) >= 11 is 0. The molecule has 9 nitrogen and oxygen atoms in total. The van der Waals surface area contributed by atoms with Crippen molar-refractivity contribution in [1.29, 1.82) is 0 Å². The number of hydrogen-bond donors (Lipinski definition) is 2. The molecule has 2 N–H and O–H groups in total. The molecule has 0 aromatic heterocycles. The van der Waals surface area contributed by atoms with Crippen LogP contribution < -0.4 is 5.32 Å². The molecule has 1 aliphatic rings. The Morgan fingerprint density at radius 3 is 2.11 bits per heavy atom. The number of aliphatic carboxylic acids is 1. The van der Waals surface area contributed by atoms with Gasteiger partial charge in [0.25, 0.3) is 11.8 Å². The third-order valence-corrected chi connectivity index (χ3v) is 5.86. The van der Waals surface area contributed by atoms with Crippen LogP contribution in [-0.4, -0.2) is 58.9 Å². The van der Waals surface area contributed by atoms with Gasteiger partial charge in [0.1, 0.15) is 12.1 Å². The lowest BCUT2D eigenvalue weighted by atomic mass is 9.99. The lowest BCUT2D eigenvalue weighted by Crippen LogP contribution is -2.54. The van der Waals surface area contributed by atoms with Crippen LogP contribution in [0, 0.1) is 0 Å². The van der Waals surface area contributed by atoms with E-state index in [1.807, 2.05) is 36.4 Å². The number of methoxy groups -OCH3 is 1. The number of nitrogens with zero attached hydrogens (tertiary/aromatic N) is 1. The maximum atomic E-state index is 13.4. The van der Waals surface area contributed by atoms with Crippen LogP contribution in [0.4, 0.5) is 0 Å². The van der Waals surface area contributed by atoms with Crippen LogP contribution in [0.2, 0.25) is 0 Å². The number of esters is 1. The first-order valence-electron chi connectivity index (χ1n) is 10.8. The molecule has 1 heterocycles. The van der Waals surface area contributed by atoms with E-state index in [-0.39, 0.29) is 17.5 Å². The summed E-state index contributed by atoms with van der Waals surface area (Å²) in [6.07, 6.45) is -0.758. The second kappa shape index (κ2) is 9.76. The van der Waals surface area contributed by atoms with Crippen molar-refractivity contribution in [2.24, 2.45) is 0 Å². The number of carbonyl (C=O) groups is 5. The molecule has 9 heteroatoms. The summed E-state index contributed by atoms with van der Waals surface area (Å²) in [5, 5.41) is 13.4. The normalized spacial score (nSPS) is 14.4. The van der Waals surface area contributed by atoms with E-state index in [1.54, 1.807) is 18.2 Å². The van der Waals surface area contributed by atoms with Crippen LogP contribution in [0.25, 0.3) is 10.8 Å². The number of amides is 3. The van der Waals surface area contributed by atoms with Crippen molar-refractivity contribution in [3.63, 3.8) is 0 Å². The van der Waals surface area contributed by atoms with Gasteiger partial charge in [0.2, 0.25) is 5.91 Å². The monoisotopic (exact) mass is 474 g/mol. The van der Waals surface area contributed by atoms with Crippen LogP contribution in [0.5, 0.6) is 0 Å². The van der Waals surface area contributed by atoms with Gasteiger partial charge in [-0.05, 0) is 28.5 Å². The Morgan fingerprint density at radius 2 is 1.51 bits per heavy atom. The van der Waals surface area contributed by atoms with E-state index in [4.69, 9.17) is 5.11 Å². The average Bonchev–Trinajstić information content (AvgIpc) is 3.11. The number of imide groups is 1. The fourth-order valence-electron chi connectivity index (χ4n) is 4.16. The van der Waals surface area contributed by atoms with Gasteiger partial charge in [0, 0.05) is 6.42 Å². The van der Waals surface area contributed by atoms with Gasteiger partial charge < -0.3 is 15.2 Å². The summed E-state index contributed by atoms with van der Waals surface area (Å²) in [6.45, 7) is 0. The quantitative estimate of drug-likeness (QED) is 0.378. The van der Waals surface area contributed by atoms with Gasteiger partial charge in [-0.2, -0.15) is 0 Å². The fourth-order valence-corrected chi connectivity index (χ4v) is 4.16. The van der Waals surface area contributed by atoms with E-state index >= 15 is 0 Å². The summed E-state index contributed by atoms with van der Waals surface area (Å²) in [5.74, 6) is -4.40. The predicted molar refractivity (Wildman–Crippen MR) is 125 cm³/mol. The Bertz CT molecular complexity index is 1320. The first-order valence-corrected chi connectivity index (χ1v) is 10.8. The van der Waals surface area contributed by atoms with E-state index in [0.717, 1.165) is 22.8 Å². The van der Waals surface area contributed by atoms with Crippen molar-refractivity contribution in [2.75, 3.05) is 7.11 Å². The number of carboxylic acids is 1. The van der Waals surface area contributed by atoms with Crippen molar-refractivity contribution in [3.8, 4) is 0 Å². The predicted octanol–water partition coefficient (Wildman–Crippen LogP) is 2.18. The van der Waals surface area contributed by atoms with Crippen molar-refractivity contribution < 1.29 is 33.8 Å². The molecule has 0 fully saturated rings.